The highest BCUT2D eigenvalue weighted by atomic mass is 127. The molecule has 9 heteroatoms. The minimum atomic E-state index is -3.40. The number of ether oxygens (including phenoxy) is 1. The molecule has 0 unspecified atom stereocenters. The number of nitrogens with zero attached hydrogens (tertiary/aromatic N) is 3. The van der Waals surface area contributed by atoms with Gasteiger partial charge in [0.15, 0.2) is 5.82 Å². The number of aromatic nitrogens is 3. The van der Waals surface area contributed by atoms with E-state index in [1.165, 1.54) is 4.57 Å². The zero-order valence-corrected chi connectivity index (χ0v) is 15.3. The van der Waals surface area contributed by atoms with Crippen molar-refractivity contribution in [1.82, 2.24) is 14.8 Å². The van der Waals surface area contributed by atoms with Crippen LogP contribution in [0.4, 0.5) is 0 Å². The molecule has 1 aromatic heterocycles. The summed E-state index contributed by atoms with van der Waals surface area (Å²) in [5.41, 5.74) is 0.905. The lowest BCUT2D eigenvalue weighted by atomic mass is 10.2. The summed E-state index contributed by atoms with van der Waals surface area (Å²) < 4.78 is 31.0. The van der Waals surface area contributed by atoms with Crippen LogP contribution in [0, 0.1) is 10.5 Å². The van der Waals surface area contributed by atoms with Gasteiger partial charge in [-0.1, -0.05) is 11.6 Å². The molecule has 0 aliphatic heterocycles. The lowest BCUT2D eigenvalue weighted by Gasteiger charge is -2.10. The molecule has 21 heavy (non-hydrogen) atoms. The molecule has 1 aromatic carbocycles. The molecule has 0 fully saturated rings. The van der Waals surface area contributed by atoms with Gasteiger partial charge < -0.3 is 9.30 Å². The van der Waals surface area contributed by atoms with E-state index in [9.17, 15) is 8.42 Å². The highest BCUT2D eigenvalue weighted by Crippen LogP contribution is 2.28. The van der Waals surface area contributed by atoms with E-state index in [1.807, 2.05) is 19.1 Å². The summed E-state index contributed by atoms with van der Waals surface area (Å²) in [6.45, 7) is 2.01. The van der Waals surface area contributed by atoms with Gasteiger partial charge in [0.1, 0.15) is 12.4 Å². The first-order valence-electron chi connectivity index (χ1n) is 5.87. The Morgan fingerprint density at radius 3 is 2.62 bits per heavy atom. The van der Waals surface area contributed by atoms with Gasteiger partial charge in [0.05, 0.1) is 3.57 Å². The van der Waals surface area contributed by atoms with Gasteiger partial charge in [-0.2, -0.15) is 0 Å². The molecule has 1 heterocycles. The van der Waals surface area contributed by atoms with E-state index < -0.39 is 9.84 Å². The third kappa shape index (κ3) is 3.67. The Morgan fingerprint density at radius 1 is 1.38 bits per heavy atom. The van der Waals surface area contributed by atoms with Crippen LogP contribution < -0.4 is 4.74 Å². The van der Waals surface area contributed by atoms with Crippen LogP contribution in [0.15, 0.2) is 17.3 Å². The van der Waals surface area contributed by atoms with Crippen LogP contribution >= 0.6 is 34.2 Å². The second kappa shape index (κ2) is 6.09. The maximum Gasteiger partial charge on any atom is 0.249 e. The Hall–Kier alpha value is -0.870. The summed E-state index contributed by atoms with van der Waals surface area (Å²) in [4.78, 5) is 0. The summed E-state index contributed by atoms with van der Waals surface area (Å²) in [5.74, 6) is 1.10. The van der Waals surface area contributed by atoms with Crippen LogP contribution in [0.3, 0.4) is 0 Å². The molecule has 114 valence electrons. The zero-order chi connectivity index (χ0) is 15.8. The first kappa shape index (κ1) is 16.5. The lowest BCUT2D eigenvalue weighted by Crippen LogP contribution is -2.09. The van der Waals surface area contributed by atoms with E-state index in [1.54, 1.807) is 7.05 Å². The fraction of sp³-hybridized carbons (Fsp3) is 0.333. The zero-order valence-electron chi connectivity index (χ0n) is 11.6. The number of benzene rings is 1. The third-order valence-corrected chi connectivity index (χ3v) is 5.10. The van der Waals surface area contributed by atoms with Crippen LogP contribution in [-0.4, -0.2) is 29.4 Å². The van der Waals surface area contributed by atoms with Crippen molar-refractivity contribution in [2.75, 3.05) is 6.26 Å². The predicted molar refractivity (Wildman–Crippen MR) is 87.4 cm³/mol. The van der Waals surface area contributed by atoms with Crippen LogP contribution in [0.25, 0.3) is 0 Å². The molecular weight excluding hydrogens is 429 g/mol. The number of sulfone groups is 1. The Kier molecular flexibility index (Phi) is 4.79. The first-order chi connectivity index (χ1) is 9.70. The average molecular weight is 442 g/mol. The fourth-order valence-electron chi connectivity index (χ4n) is 1.68. The van der Waals surface area contributed by atoms with E-state index in [0.29, 0.717) is 16.6 Å². The molecule has 2 aromatic rings. The van der Waals surface area contributed by atoms with Crippen LogP contribution in [0.2, 0.25) is 5.02 Å². The van der Waals surface area contributed by atoms with Gasteiger partial charge in [-0.05, 0) is 47.2 Å². The Bertz CT molecular complexity index is 789. The van der Waals surface area contributed by atoms with Crippen molar-refractivity contribution in [3.8, 4) is 5.75 Å². The number of aryl methyl sites for hydroxylation is 1. The highest BCUT2D eigenvalue weighted by molar-refractivity contribution is 14.1. The predicted octanol–water partition coefficient (Wildman–Crippen LogP) is 2.36. The SMILES string of the molecule is Cc1cc(OCc2nnc(S(C)(=O)=O)n2C)c(I)cc1Cl. The second-order valence-electron chi connectivity index (χ2n) is 4.55. The van der Waals surface area contributed by atoms with E-state index in [4.69, 9.17) is 16.3 Å². The Balaban J connectivity index is 2.22. The number of rotatable bonds is 4. The standard InChI is InChI=1S/C12H13ClIN3O3S/c1-7-4-10(9(14)5-8(7)13)20-6-11-15-16-12(17(11)2)21(3,18)19/h4-5H,6H2,1-3H3. The van der Waals surface area contributed by atoms with Gasteiger partial charge in [-0.25, -0.2) is 8.42 Å². The monoisotopic (exact) mass is 441 g/mol. The van der Waals surface area contributed by atoms with Gasteiger partial charge in [0, 0.05) is 18.3 Å². The van der Waals surface area contributed by atoms with Crippen molar-refractivity contribution in [3.63, 3.8) is 0 Å². The maximum atomic E-state index is 11.5. The summed E-state index contributed by atoms with van der Waals surface area (Å²) in [6.07, 6.45) is 1.09. The summed E-state index contributed by atoms with van der Waals surface area (Å²) >= 11 is 8.15. The normalized spacial score (nSPS) is 11.7. The minimum absolute atomic E-state index is 0.0805. The van der Waals surface area contributed by atoms with Crippen molar-refractivity contribution in [3.05, 3.63) is 32.1 Å². The molecule has 0 bridgehead atoms. The van der Waals surface area contributed by atoms with Crippen molar-refractivity contribution in [2.24, 2.45) is 7.05 Å². The minimum Gasteiger partial charge on any atom is -0.484 e. The van der Waals surface area contributed by atoms with Gasteiger partial charge in [-0.3, -0.25) is 0 Å². The lowest BCUT2D eigenvalue weighted by molar-refractivity contribution is 0.288. The Labute approximate surface area is 141 Å². The quantitative estimate of drug-likeness (QED) is 0.681. The highest BCUT2D eigenvalue weighted by Gasteiger charge is 2.18. The molecule has 0 aliphatic carbocycles. The van der Waals surface area contributed by atoms with Crippen molar-refractivity contribution in [2.45, 2.75) is 18.7 Å². The molecule has 0 N–H and O–H groups in total. The average Bonchev–Trinajstić information content (AvgIpc) is 2.73. The number of hydrogen-bond acceptors (Lipinski definition) is 5. The molecule has 6 nitrogen and oxygen atoms in total. The molecule has 2 rings (SSSR count). The number of halogens is 2. The van der Waals surface area contributed by atoms with Crippen LogP contribution in [0.5, 0.6) is 5.75 Å². The second-order valence-corrected chi connectivity index (χ2v) is 8.03. The molecule has 0 saturated heterocycles. The molecule has 0 atom stereocenters. The molecular formula is C12H13ClIN3O3S. The largest absolute Gasteiger partial charge is 0.484 e. The van der Waals surface area contributed by atoms with E-state index in [2.05, 4.69) is 32.8 Å². The van der Waals surface area contributed by atoms with Gasteiger partial charge in [0.2, 0.25) is 15.0 Å². The third-order valence-electron chi connectivity index (χ3n) is 2.83. The molecule has 0 amide bonds. The molecule has 0 spiro atoms. The fourth-order valence-corrected chi connectivity index (χ4v) is 3.44. The molecule has 0 radical (unpaired) electrons. The van der Waals surface area contributed by atoms with Crippen molar-refractivity contribution >= 4 is 44.0 Å². The topological polar surface area (TPSA) is 74.1 Å². The summed E-state index contributed by atoms with van der Waals surface area (Å²) in [6, 6.07) is 3.64. The van der Waals surface area contributed by atoms with Gasteiger partial charge in [0.25, 0.3) is 0 Å². The summed E-state index contributed by atoms with van der Waals surface area (Å²) in [5, 5.41) is 8.11. The first-order valence-corrected chi connectivity index (χ1v) is 9.21. The van der Waals surface area contributed by atoms with Crippen LogP contribution in [0.1, 0.15) is 11.4 Å². The van der Waals surface area contributed by atoms with Gasteiger partial charge in [-0.15, -0.1) is 10.2 Å². The van der Waals surface area contributed by atoms with E-state index in [-0.39, 0.29) is 11.8 Å². The van der Waals surface area contributed by atoms with Crippen molar-refractivity contribution < 1.29 is 13.2 Å². The smallest absolute Gasteiger partial charge is 0.249 e. The Morgan fingerprint density at radius 2 is 2.05 bits per heavy atom. The molecule has 0 saturated carbocycles. The van der Waals surface area contributed by atoms with E-state index >= 15 is 0 Å². The molecule has 0 aliphatic rings. The number of hydrogen-bond donors (Lipinski definition) is 0. The van der Waals surface area contributed by atoms with E-state index in [0.717, 1.165) is 15.4 Å². The maximum absolute atomic E-state index is 11.5. The summed E-state index contributed by atoms with van der Waals surface area (Å²) in [7, 11) is -1.81. The van der Waals surface area contributed by atoms with Crippen LogP contribution in [-0.2, 0) is 23.5 Å². The van der Waals surface area contributed by atoms with Crippen molar-refractivity contribution in [1.29, 1.82) is 0 Å². The van der Waals surface area contributed by atoms with Gasteiger partial charge >= 0.3 is 0 Å².